The topological polar surface area (TPSA) is 63.9 Å². The van der Waals surface area contributed by atoms with E-state index in [1.807, 2.05) is 30.2 Å². The number of aliphatic imine (C=N–C) groups is 1. The maximum Gasteiger partial charge on any atom is 0.193 e. The van der Waals surface area contributed by atoms with Crippen molar-refractivity contribution < 1.29 is 9.47 Å². The first-order valence-corrected chi connectivity index (χ1v) is 11.5. The van der Waals surface area contributed by atoms with Gasteiger partial charge in [0.05, 0.1) is 25.4 Å². The largest absolute Gasteiger partial charge is 0.376 e. The van der Waals surface area contributed by atoms with Crippen molar-refractivity contribution in [2.75, 3.05) is 33.4 Å². The third kappa shape index (κ3) is 6.55. The quantitative estimate of drug-likeness (QED) is 0.546. The molecule has 2 fully saturated rings. The number of likely N-dealkylation sites (tertiary alicyclic amines) is 1. The summed E-state index contributed by atoms with van der Waals surface area (Å²) in [5.74, 6) is 0.964. The lowest BCUT2D eigenvalue weighted by Gasteiger charge is -2.35. The summed E-state index contributed by atoms with van der Waals surface area (Å²) < 4.78 is 13.9. The van der Waals surface area contributed by atoms with Crippen LogP contribution in [0.4, 0.5) is 0 Å². The Bertz CT molecular complexity index is 809. The van der Waals surface area contributed by atoms with E-state index in [0.29, 0.717) is 12.2 Å². The van der Waals surface area contributed by atoms with Crippen LogP contribution in [-0.4, -0.2) is 66.2 Å². The lowest BCUT2D eigenvalue weighted by molar-refractivity contribution is -0.0721. The van der Waals surface area contributed by atoms with E-state index in [1.54, 1.807) is 0 Å². The molecule has 1 aromatic heterocycles. The van der Waals surface area contributed by atoms with Gasteiger partial charge in [-0.2, -0.15) is 5.10 Å². The number of nitrogens with one attached hydrogen (secondary N) is 1. The minimum Gasteiger partial charge on any atom is -0.376 e. The number of rotatable bonds is 7. The van der Waals surface area contributed by atoms with Crippen molar-refractivity contribution in [2.24, 2.45) is 4.99 Å². The fourth-order valence-corrected chi connectivity index (χ4v) is 4.35. The monoisotopic (exact) mass is 425 g/mol. The van der Waals surface area contributed by atoms with Crippen molar-refractivity contribution in [1.29, 1.82) is 0 Å². The molecule has 2 aliphatic heterocycles. The molecule has 0 spiro atoms. The van der Waals surface area contributed by atoms with E-state index in [9.17, 15) is 0 Å². The van der Waals surface area contributed by atoms with Crippen LogP contribution >= 0.6 is 0 Å². The summed E-state index contributed by atoms with van der Waals surface area (Å²) in [6.07, 6.45) is 10.1. The minimum atomic E-state index is 0.297. The zero-order valence-corrected chi connectivity index (χ0v) is 18.6. The molecule has 31 heavy (non-hydrogen) atoms. The predicted molar refractivity (Wildman–Crippen MR) is 122 cm³/mol. The molecule has 0 radical (unpaired) electrons. The Labute approximate surface area is 185 Å². The van der Waals surface area contributed by atoms with E-state index >= 15 is 0 Å². The van der Waals surface area contributed by atoms with Gasteiger partial charge in [0.1, 0.15) is 0 Å². The molecule has 7 nitrogen and oxygen atoms in total. The van der Waals surface area contributed by atoms with E-state index in [-0.39, 0.29) is 0 Å². The van der Waals surface area contributed by atoms with Crippen LogP contribution in [0.2, 0.25) is 0 Å². The summed E-state index contributed by atoms with van der Waals surface area (Å²) in [6.45, 7) is 5.11. The first kappa shape index (κ1) is 21.8. The minimum absolute atomic E-state index is 0.297. The first-order chi connectivity index (χ1) is 15.3. The summed E-state index contributed by atoms with van der Waals surface area (Å²) in [6, 6.07) is 10.6. The van der Waals surface area contributed by atoms with Gasteiger partial charge in [0.25, 0.3) is 0 Å². The Kier molecular flexibility index (Phi) is 7.96. The molecule has 168 valence electrons. The van der Waals surface area contributed by atoms with Crippen LogP contribution in [-0.2, 0) is 22.6 Å². The second kappa shape index (κ2) is 11.3. The van der Waals surface area contributed by atoms with E-state index in [0.717, 1.165) is 64.6 Å². The number of aromatic nitrogens is 2. The molecule has 0 bridgehead atoms. The fourth-order valence-electron chi connectivity index (χ4n) is 4.35. The second-order valence-corrected chi connectivity index (χ2v) is 8.43. The molecule has 0 aliphatic carbocycles. The molecule has 1 aromatic carbocycles. The third-order valence-corrected chi connectivity index (χ3v) is 6.09. The van der Waals surface area contributed by atoms with Gasteiger partial charge in [-0.15, -0.1) is 0 Å². The SMILES string of the molecule is CN=C(NCc1cccc(Cn2cccn2)c1)N1CCC(OCC2CCCCO2)CC1. The third-order valence-electron chi connectivity index (χ3n) is 6.09. The van der Waals surface area contributed by atoms with E-state index in [1.165, 1.54) is 24.0 Å². The average molecular weight is 426 g/mol. The fraction of sp³-hybridized carbons (Fsp3) is 0.583. The van der Waals surface area contributed by atoms with Crippen molar-refractivity contribution in [3.8, 4) is 0 Å². The summed E-state index contributed by atoms with van der Waals surface area (Å²) in [5, 5.41) is 7.83. The lowest BCUT2D eigenvalue weighted by Crippen LogP contribution is -2.47. The van der Waals surface area contributed by atoms with Gasteiger partial charge in [0.2, 0.25) is 0 Å². The van der Waals surface area contributed by atoms with Crippen LogP contribution in [0, 0.1) is 0 Å². The van der Waals surface area contributed by atoms with Gasteiger partial charge in [-0.1, -0.05) is 24.3 Å². The Morgan fingerprint density at radius 3 is 2.81 bits per heavy atom. The Morgan fingerprint density at radius 1 is 1.19 bits per heavy atom. The molecule has 1 atom stereocenters. The molecule has 0 saturated carbocycles. The highest BCUT2D eigenvalue weighted by atomic mass is 16.5. The van der Waals surface area contributed by atoms with Gasteiger partial charge in [-0.05, 0) is 49.3 Å². The standard InChI is InChI=1S/C24H35N5O2/c1-25-24(26-17-20-6-4-7-21(16-20)18-29-12-5-11-27-29)28-13-9-22(10-14-28)31-19-23-8-2-3-15-30-23/h4-7,11-12,16,22-23H,2-3,8-10,13-15,17-19H2,1H3,(H,25,26). The van der Waals surface area contributed by atoms with Gasteiger partial charge in [0.15, 0.2) is 5.96 Å². The molecule has 1 N–H and O–H groups in total. The van der Waals surface area contributed by atoms with Crippen LogP contribution in [0.5, 0.6) is 0 Å². The summed E-state index contributed by atoms with van der Waals surface area (Å²) in [4.78, 5) is 6.85. The van der Waals surface area contributed by atoms with Crippen molar-refractivity contribution >= 4 is 5.96 Å². The molecular formula is C24H35N5O2. The normalized spacial score (nSPS) is 20.7. The Morgan fingerprint density at radius 2 is 2.06 bits per heavy atom. The molecule has 3 heterocycles. The Hall–Kier alpha value is -2.38. The maximum atomic E-state index is 6.15. The van der Waals surface area contributed by atoms with Gasteiger partial charge < -0.3 is 19.7 Å². The van der Waals surface area contributed by atoms with E-state index < -0.39 is 0 Å². The summed E-state index contributed by atoms with van der Waals surface area (Å²) >= 11 is 0. The first-order valence-electron chi connectivity index (χ1n) is 11.5. The van der Waals surface area contributed by atoms with Crippen molar-refractivity contribution in [3.05, 3.63) is 53.9 Å². The molecule has 2 aromatic rings. The molecule has 1 unspecified atom stereocenters. The molecule has 7 heteroatoms. The van der Waals surface area contributed by atoms with Crippen molar-refractivity contribution in [2.45, 2.75) is 57.4 Å². The van der Waals surface area contributed by atoms with Crippen molar-refractivity contribution in [1.82, 2.24) is 20.0 Å². The summed E-state index contributed by atoms with van der Waals surface area (Å²) in [7, 11) is 1.86. The second-order valence-electron chi connectivity index (χ2n) is 8.43. The van der Waals surface area contributed by atoms with Crippen LogP contribution in [0.3, 0.4) is 0 Å². The van der Waals surface area contributed by atoms with E-state index in [4.69, 9.17) is 9.47 Å². The lowest BCUT2D eigenvalue weighted by atomic mass is 10.1. The zero-order valence-electron chi connectivity index (χ0n) is 18.6. The Balaban J connectivity index is 1.21. The maximum absolute atomic E-state index is 6.15. The van der Waals surface area contributed by atoms with Gasteiger partial charge in [0, 0.05) is 45.7 Å². The van der Waals surface area contributed by atoms with Gasteiger partial charge >= 0.3 is 0 Å². The number of guanidine groups is 1. The predicted octanol–water partition coefficient (Wildman–Crippen LogP) is 3.06. The molecule has 2 aliphatic rings. The molecule has 0 amide bonds. The molecular weight excluding hydrogens is 390 g/mol. The highest BCUT2D eigenvalue weighted by Gasteiger charge is 2.23. The van der Waals surface area contributed by atoms with Crippen LogP contribution in [0.1, 0.15) is 43.2 Å². The van der Waals surface area contributed by atoms with Crippen LogP contribution in [0.25, 0.3) is 0 Å². The van der Waals surface area contributed by atoms with Gasteiger partial charge in [-0.3, -0.25) is 9.67 Å². The molecule has 4 rings (SSSR count). The van der Waals surface area contributed by atoms with Crippen molar-refractivity contribution in [3.63, 3.8) is 0 Å². The number of nitrogens with zero attached hydrogens (tertiary/aromatic N) is 4. The zero-order chi connectivity index (χ0) is 21.3. The number of hydrogen-bond acceptors (Lipinski definition) is 4. The van der Waals surface area contributed by atoms with Gasteiger partial charge in [-0.25, -0.2) is 0 Å². The average Bonchev–Trinajstić information content (AvgIpc) is 3.33. The highest BCUT2D eigenvalue weighted by Crippen LogP contribution is 2.18. The smallest absolute Gasteiger partial charge is 0.193 e. The summed E-state index contributed by atoms with van der Waals surface area (Å²) in [5.41, 5.74) is 2.49. The number of piperidine rings is 1. The molecule has 2 saturated heterocycles. The van der Waals surface area contributed by atoms with Crippen LogP contribution < -0.4 is 5.32 Å². The number of benzene rings is 1. The van der Waals surface area contributed by atoms with Crippen LogP contribution in [0.15, 0.2) is 47.7 Å². The van der Waals surface area contributed by atoms with E-state index in [2.05, 4.69) is 44.6 Å². The number of ether oxygens (including phenoxy) is 2. The number of hydrogen-bond donors (Lipinski definition) is 1. The highest BCUT2D eigenvalue weighted by molar-refractivity contribution is 5.79.